The third-order valence-electron chi connectivity index (χ3n) is 12.9. The minimum absolute atomic E-state index is 0.0261. The second-order valence-corrected chi connectivity index (χ2v) is 14.7. The van der Waals surface area contributed by atoms with Crippen LogP contribution in [0.2, 0.25) is 0 Å². The Morgan fingerprint density at radius 2 is 1.06 bits per heavy atom. The molecule has 254 valence electrons. The molecule has 2 fully saturated rings. The normalized spacial score (nSPS) is 32.2. The van der Waals surface area contributed by atoms with Crippen molar-refractivity contribution in [2.45, 2.75) is 61.4 Å². The number of allylic oxidation sites excluding steroid dienone is 2. The highest BCUT2D eigenvalue weighted by Gasteiger charge is 2.59. The first-order chi connectivity index (χ1) is 23.0. The standard InChI is InChI=1S/C38H44N2O8/c1-39-9-7-37-17-27(43)29(45-3)13-21(37)23(39)11-19-33(31(47-5)15-25(41)35(19)37)34-20-12-24-22-14-30(46-4)28(44)18-38(22,8-10-40(24)2)36(20)26(42)16-32(34)48-6/h13-16,21-24,41-42H,7-12,17-18H2,1-6H3/t21-,22-,23-,24-,37+,38+/m0/s1. The van der Waals surface area contributed by atoms with Gasteiger partial charge in [-0.15, -0.1) is 0 Å². The molecule has 0 unspecified atom stereocenters. The number of fused-ring (bicyclic) bond motifs is 2. The molecular formula is C38H44N2O8. The first-order valence-electron chi connectivity index (χ1n) is 16.9. The Kier molecular flexibility index (Phi) is 6.99. The number of likely N-dealkylation sites (N-methyl/N-ethyl adjacent to an activating group) is 2. The van der Waals surface area contributed by atoms with Crippen LogP contribution in [0.25, 0.3) is 11.1 Å². The molecule has 2 aromatic rings. The van der Waals surface area contributed by atoms with E-state index in [9.17, 15) is 19.8 Å². The summed E-state index contributed by atoms with van der Waals surface area (Å²) in [5, 5.41) is 23.8. The molecule has 2 saturated heterocycles. The number of carbonyl (C=O) groups is 2. The molecule has 8 rings (SSSR count). The van der Waals surface area contributed by atoms with Gasteiger partial charge in [-0.25, -0.2) is 0 Å². The van der Waals surface area contributed by atoms with Crippen LogP contribution in [0.1, 0.15) is 47.9 Å². The molecule has 2 N–H and O–H groups in total. The SMILES string of the molecule is COC1=C[C@H]2[C@@H]3Cc4c(-c5c(OC)cc(O)c6c5C[C@H]5[C@@H]7C=C(OC)C(=O)C[C@@]67CCN5C)c(OC)cc(O)c4[C@]2(CCN3C)CC1=O. The molecule has 0 aromatic heterocycles. The van der Waals surface area contributed by atoms with E-state index in [1.807, 2.05) is 12.2 Å². The highest BCUT2D eigenvalue weighted by molar-refractivity contribution is 5.98. The topological polar surface area (TPSA) is 118 Å². The number of rotatable bonds is 5. The zero-order chi connectivity index (χ0) is 33.9. The minimum Gasteiger partial charge on any atom is -0.507 e. The van der Waals surface area contributed by atoms with Gasteiger partial charge in [0.1, 0.15) is 23.0 Å². The third kappa shape index (κ3) is 3.93. The molecule has 0 spiro atoms. The van der Waals surface area contributed by atoms with Gasteiger partial charge in [-0.05, 0) is 76.1 Å². The fourth-order valence-electron chi connectivity index (χ4n) is 10.8. The van der Waals surface area contributed by atoms with Crippen LogP contribution in [-0.4, -0.2) is 99.3 Å². The number of ketones is 2. The summed E-state index contributed by atoms with van der Waals surface area (Å²) < 4.78 is 23.3. The summed E-state index contributed by atoms with van der Waals surface area (Å²) in [5.41, 5.74) is 3.86. The van der Waals surface area contributed by atoms with E-state index in [0.29, 0.717) is 48.7 Å². The zero-order valence-corrected chi connectivity index (χ0v) is 28.5. The molecule has 10 nitrogen and oxygen atoms in total. The Morgan fingerprint density at radius 3 is 1.42 bits per heavy atom. The highest BCUT2D eigenvalue weighted by atomic mass is 16.5. The van der Waals surface area contributed by atoms with Crippen molar-refractivity contribution in [2.24, 2.45) is 11.8 Å². The summed E-state index contributed by atoms with van der Waals surface area (Å²) in [5.74, 6) is 1.85. The summed E-state index contributed by atoms with van der Waals surface area (Å²) in [6.45, 7) is 1.59. The van der Waals surface area contributed by atoms with Crippen molar-refractivity contribution >= 4 is 11.6 Å². The first-order valence-corrected chi connectivity index (χ1v) is 16.9. The number of phenolic OH excluding ortho intramolecular Hbond substituents is 2. The quantitative estimate of drug-likeness (QED) is 0.489. The maximum absolute atomic E-state index is 13.5. The number of aromatic hydroxyl groups is 2. The van der Waals surface area contributed by atoms with Gasteiger partial charge in [-0.1, -0.05) is 0 Å². The van der Waals surface area contributed by atoms with E-state index in [0.717, 1.165) is 46.5 Å². The fraction of sp³-hybridized carbons (Fsp3) is 0.526. The van der Waals surface area contributed by atoms with Crippen molar-refractivity contribution < 1.29 is 38.7 Å². The molecule has 0 radical (unpaired) electrons. The van der Waals surface area contributed by atoms with E-state index in [1.54, 1.807) is 40.6 Å². The van der Waals surface area contributed by atoms with Crippen LogP contribution in [0.15, 0.2) is 35.8 Å². The van der Waals surface area contributed by atoms with Gasteiger partial charge >= 0.3 is 0 Å². The largest absolute Gasteiger partial charge is 0.507 e. The maximum Gasteiger partial charge on any atom is 0.197 e. The van der Waals surface area contributed by atoms with Crippen molar-refractivity contribution in [2.75, 3.05) is 55.6 Å². The monoisotopic (exact) mass is 656 g/mol. The Balaban J connectivity index is 1.44. The Bertz CT molecular complexity index is 1700. The molecule has 2 aromatic carbocycles. The number of piperidine rings is 2. The number of benzene rings is 2. The van der Waals surface area contributed by atoms with Gasteiger partial charge in [0.05, 0.1) is 28.4 Å². The second kappa shape index (κ2) is 10.7. The number of hydrogen-bond donors (Lipinski definition) is 2. The lowest BCUT2D eigenvalue weighted by Gasteiger charge is -2.57. The predicted octanol–water partition coefficient (Wildman–Crippen LogP) is 4.02. The van der Waals surface area contributed by atoms with Gasteiger partial charge in [0.15, 0.2) is 23.1 Å². The predicted molar refractivity (Wildman–Crippen MR) is 178 cm³/mol. The summed E-state index contributed by atoms with van der Waals surface area (Å²) in [6.07, 6.45) is 7.07. The van der Waals surface area contributed by atoms with Gasteiger partial charge < -0.3 is 39.0 Å². The Morgan fingerprint density at radius 1 is 0.667 bits per heavy atom. The highest BCUT2D eigenvalue weighted by Crippen LogP contribution is 2.63. The summed E-state index contributed by atoms with van der Waals surface area (Å²) >= 11 is 0. The van der Waals surface area contributed by atoms with Gasteiger partial charge in [0.25, 0.3) is 0 Å². The van der Waals surface area contributed by atoms with Crippen LogP contribution >= 0.6 is 0 Å². The molecular weight excluding hydrogens is 612 g/mol. The number of hydrogen-bond acceptors (Lipinski definition) is 10. The Hall–Kier alpha value is -4.02. The van der Waals surface area contributed by atoms with Crippen LogP contribution in [-0.2, 0) is 42.7 Å². The molecule has 4 bridgehead atoms. The van der Waals surface area contributed by atoms with Crippen LogP contribution in [0.5, 0.6) is 23.0 Å². The number of likely N-dealkylation sites (tertiary alicyclic amines) is 2. The average Bonchev–Trinajstić information content (AvgIpc) is 3.06. The van der Waals surface area contributed by atoms with Crippen LogP contribution in [0, 0.1) is 11.8 Å². The molecule has 6 aliphatic rings. The number of ether oxygens (including phenoxy) is 4. The molecule has 4 aliphatic carbocycles. The molecule has 2 heterocycles. The van der Waals surface area contributed by atoms with E-state index in [4.69, 9.17) is 18.9 Å². The van der Waals surface area contributed by atoms with Crippen molar-refractivity contribution in [3.63, 3.8) is 0 Å². The van der Waals surface area contributed by atoms with Gasteiger partial charge in [0.2, 0.25) is 0 Å². The number of carbonyl (C=O) groups excluding carboxylic acids is 2. The van der Waals surface area contributed by atoms with Crippen molar-refractivity contribution in [3.05, 3.63) is 58.1 Å². The summed E-state index contributed by atoms with van der Waals surface area (Å²) in [4.78, 5) is 31.8. The summed E-state index contributed by atoms with van der Waals surface area (Å²) in [7, 11) is 10.5. The Labute approximate surface area is 280 Å². The lowest BCUT2D eigenvalue weighted by molar-refractivity contribution is -0.123. The average molecular weight is 657 g/mol. The number of phenols is 2. The van der Waals surface area contributed by atoms with Gasteiger partial charge in [-0.3, -0.25) is 9.59 Å². The van der Waals surface area contributed by atoms with Crippen molar-refractivity contribution in [3.8, 4) is 34.1 Å². The minimum atomic E-state index is -0.614. The third-order valence-corrected chi connectivity index (χ3v) is 12.9. The van der Waals surface area contributed by atoms with E-state index < -0.39 is 10.8 Å². The van der Waals surface area contributed by atoms with E-state index in [1.165, 1.54) is 0 Å². The molecule has 2 aliphatic heterocycles. The fourth-order valence-corrected chi connectivity index (χ4v) is 10.8. The summed E-state index contributed by atoms with van der Waals surface area (Å²) in [6, 6.07) is 3.48. The molecule has 0 amide bonds. The number of Topliss-reactive ketones (excluding diaryl/α,β-unsaturated/α-hetero) is 2. The first kappa shape index (κ1) is 31.3. The lowest BCUT2D eigenvalue weighted by atomic mass is 9.52. The number of methoxy groups -OCH3 is 4. The number of nitrogens with zero attached hydrogens (tertiary/aromatic N) is 2. The van der Waals surface area contributed by atoms with E-state index in [2.05, 4.69) is 23.9 Å². The molecule has 48 heavy (non-hydrogen) atoms. The smallest absolute Gasteiger partial charge is 0.197 e. The van der Waals surface area contributed by atoms with Crippen molar-refractivity contribution in [1.82, 2.24) is 9.80 Å². The van der Waals surface area contributed by atoms with Crippen LogP contribution < -0.4 is 9.47 Å². The van der Waals surface area contributed by atoms with E-state index in [-0.39, 0.29) is 59.8 Å². The van der Waals surface area contributed by atoms with Gasteiger partial charge in [-0.2, -0.15) is 0 Å². The second-order valence-electron chi connectivity index (χ2n) is 14.7. The van der Waals surface area contributed by atoms with Crippen LogP contribution in [0.4, 0.5) is 0 Å². The van der Waals surface area contributed by atoms with Crippen LogP contribution in [0.3, 0.4) is 0 Å². The van der Waals surface area contributed by atoms with E-state index >= 15 is 0 Å². The molecule has 10 heteroatoms. The molecule has 0 saturated carbocycles. The zero-order valence-electron chi connectivity index (χ0n) is 28.5. The maximum atomic E-state index is 13.5. The lowest BCUT2D eigenvalue weighted by Crippen LogP contribution is -2.60. The van der Waals surface area contributed by atoms with Crippen molar-refractivity contribution in [1.29, 1.82) is 0 Å². The van der Waals surface area contributed by atoms with Gasteiger partial charge in [0, 0.05) is 82.0 Å². The molecule has 6 atom stereocenters.